The van der Waals surface area contributed by atoms with Crippen molar-refractivity contribution < 1.29 is 23.4 Å². The fourth-order valence-electron chi connectivity index (χ4n) is 3.83. The van der Waals surface area contributed by atoms with Crippen LogP contribution in [0.4, 0.5) is 0 Å². The van der Waals surface area contributed by atoms with Gasteiger partial charge in [0.1, 0.15) is 12.4 Å². The zero-order valence-corrected chi connectivity index (χ0v) is 21.3. The molecule has 0 aliphatic carbocycles. The van der Waals surface area contributed by atoms with Gasteiger partial charge in [-0.2, -0.15) is 0 Å². The van der Waals surface area contributed by atoms with Gasteiger partial charge in [-0.3, -0.25) is 0 Å². The fourth-order valence-corrected chi connectivity index (χ4v) is 5.47. The third-order valence-electron chi connectivity index (χ3n) is 5.52. The first-order chi connectivity index (χ1) is 14.5. The Hall–Kier alpha value is -1.31. The Balaban J connectivity index is 2.10. The summed E-state index contributed by atoms with van der Waals surface area (Å²) in [4.78, 5) is 11.4. The van der Waals surface area contributed by atoms with Gasteiger partial charge in [0.25, 0.3) is 0 Å². The summed E-state index contributed by atoms with van der Waals surface area (Å²) in [5, 5.41) is 0. The Kier molecular flexibility index (Phi) is 9.22. The molecule has 5 nitrogen and oxygen atoms in total. The number of benzene rings is 1. The van der Waals surface area contributed by atoms with E-state index in [2.05, 4.69) is 46.5 Å². The van der Waals surface area contributed by atoms with E-state index in [-0.39, 0.29) is 19.0 Å². The summed E-state index contributed by atoms with van der Waals surface area (Å²) in [6.45, 7) is 15.4. The van der Waals surface area contributed by atoms with Crippen LogP contribution in [-0.2, 0) is 30.0 Å². The summed E-state index contributed by atoms with van der Waals surface area (Å²) in [5.41, 5.74) is 1.18. The lowest BCUT2D eigenvalue weighted by molar-refractivity contribution is -0.159. The maximum absolute atomic E-state index is 11.4. The van der Waals surface area contributed by atoms with Crippen molar-refractivity contribution in [2.75, 3.05) is 6.79 Å². The van der Waals surface area contributed by atoms with Gasteiger partial charge < -0.3 is 23.4 Å². The molecule has 1 aromatic rings. The lowest BCUT2D eigenvalue weighted by Gasteiger charge is -2.42. The maximum Gasteiger partial charge on any atom is 0.184 e. The molecule has 0 unspecified atom stereocenters. The highest BCUT2D eigenvalue weighted by Crippen LogP contribution is 2.41. The molecule has 0 bridgehead atoms. The van der Waals surface area contributed by atoms with Crippen LogP contribution in [0.2, 0.25) is 19.6 Å². The van der Waals surface area contributed by atoms with Gasteiger partial charge in [0.05, 0.1) is 24.4 Å². The average molecular weight is 449 g/mol. The van der Waals surface area contributed by atoms with Crippen molar-refractivity contribution in [3.8, 4) is 0 Å². The highest BCUT2D eigenvalue weighted by atomic mass is 28.4. The molecule has 6 heteroatoms. The van der Waals surface area contributed by atoms with Gasteiger partial charge in [-0.1, -0.05) is 42.0 Å². The van der Waals surface area contributed by atoms with Crippen LogP contribution in [-0.4, -0.2) is 44.8 Å². The van der Waals surface area contributed by atoms with Crippen molar-refractivity contribution in [2.24, 2.45) is 0 Å². The molecule has 0 N–H and O–H groups in total. The molecule has 1 saturated heterocycles. The molecular weight excluding hydrogens is 408 g/mol. The molecule has 174 valence electrons. The lowest BCUT2D eigenvalue weighted by Crippen LogP contribution is -2.51. The Bertz CT molecular complexity index is 725. The number of rotatable bonds is 14. The first-order valence-corrected chi connectivity index (χ1v) is 14.6. The van der Waals surface area contributed by atoms with Crippen LogP contribution in [0.15, 0.2) is 42.0 Å². The Morgan fingerprint density at radius 1 is 1.26 bits per heavy atom. The van der Waals surface area contributed by atoms with Gasteiger partial charge in [0.2, 0.25) is 0 Å². The van der Waals surface area contributed by atoms with Gasteiger partial charge in [0, 0.05) is 6.42 Å². The SMILES string of the molecule is CC(C)=CCC[C@@](C)(O[Si](C)(C)C)[C@H](C[C@H]1O[C@]1(C)C=O)OCOCc1ccccc1. The Morgan fingerprint density at radius 3 is 2.48 bits per heavy atom. The molecule has 1 aromatic carbocycles. The number of allylic oxidation sites excluding steroid dienone is 2. The molecule has 1 aliphatic heterocycles. The molecule has 1 heterocycles. The number of aldehydes is 1. The van der Waals surface area contributed by atoms with Crippen LogP contribution >= 0.6 is 0 Å². The number of hydrogen-bond acceptors (Lipinski definition) is 5. The molecular formula is C25H40O5Si. The molecule has 0 aromatic heterocycles. The van der Waals surface area contributed by atoms with Gasteiger partial charge in [-0.25, -0.2) is 0 Å². The number of hydrogen-bond donors (Lipinski definition) is 0. The highest BCUT2D eigenvalue weighted by molar-refractivity contribution is 6.69. The van der Waals surface area contributed by atoms with Gasteiger partial charge in [-0.15, -0.1) is 0 Å². The maximum atomic E-state index is 11.4. The van der Waals surface area contributed by atoms with Crippen LogP contribution in [0.1, 0.15) is 52.5 Å². The fraction of sp³-hybridized carbons (Fsp3) is 0.640. The molecule has 0 radical (unpaired) electrons. The Morgan fingerprint density at radius 2 is 1.94 bits per heavy atom. The van der Waals surface area contributed by atoms with E-state index in [4.69, 9.17) is 18.6 Å². The summed E-state index contributed by atoms with van der Waals surface area (Å²) in [6.07, 6.45) is 5.06. The van der Waals surface area contributed by atoms with Gasteiger partial charge in [0.15, 0.2) is 14.6 Å². The second-order valence-corrected chi connectivity index (χ2v) is 14.5. The topological polar surface area (TPSA) is 57.3 Å². The number of epoxide rings is 1. The highest BCUT2D eigenvalue weighted by Gasteiger charge is 2.55. The van der Waals surface area contributed by atoms with Gasteiger partial charge in [-0.05, 0) is 65.7 Å². The quantitative estimate of drug-likeness (QED) is 0.0919. The van der Waals surface area contributed by atoms with Crippen molar-refractivity contribution in [1.29, 1.82) is 0 Å². The van der Waals surface area contributed by atoms with Crippen molar-refractivity contribution in [3.63, 3.8) is 0 Å². The van der Waals surface area contributed by atoms with E-state index in [0.717, 1.165) is 24.7 Å². The normalized spacial score (nSPS) is 23.6. The van der Waals surface area contributed by atoms with Crippen molar-refractivity contribution in [3.05, 3.63) is 47.5 Å². The zero-order valence-electron chi connectivity index (χ0n) is 20.3. The molecule has 31 heavy (non-hydrogen) atoms. The smallest absolute Gasteiger partial charge is 0.184 e. The molecule has 2 rings (SSSR count). The molecule has 1 fully saturated rings. The summed E-state index contributed by atoms with van der Waals surface area (Å²) in [5.74, 6) is 0. The molecule has 0 saturated carbocycles. The van der Waals surface area contributed by atoms with E-state index in [9.17, 15) is 4.79 Å². The predicted molar refractivity (Wildman–Crippen MR) is 126 cm³/mol. The van der Waals surface area contributed by atoms with Crippen molar-refractivity contribution in [2.45, 2.75) is 96.6 Å². The van der Waals surface area contributed by atoms with Crippen LogP contribution in [0.5, 0.6) is 0 Å². The third kappa shape index (κ3) is 8.62. The molecule has 0 spiro atoms. The van der Waals surface area contributed by atoms with E-state index >= 15 is 0 Å². The molecule has 4 atom stereocenters. The summed E-state index contributed by atoms with van der Waals surface area (Å²) in [6, 6.07) is 10.0. The van der Waals surface area contributed by atoms with Crippen LogP contribution in [0.3, 0.4) is 0 Å². The van der Waals surface area contributed by atoms with E-state index < -0.39 is 19.5 Å². The minimum Gasteiger partial charge on any atom is -0.410 e. The monoisotopic (exact) mass is 448 g/mol. The predicted octanol–water partition coefficient (Wildman–Crippen LogP) is 5.65. The van der Waals surface area contributed by atoms with Crippen LogP contribution in [0.25, 0.3) is 0 Å². The number of carbonyl (C=O) groups excluding carboxylic acids is 1. The standard InChI is InChI=1S/C25H40O5Si/c1-20(2)12-11-15-24(3,30-31(5,6)7)22(16-23-25(4,18-26)29-23)28-19-27-17-21-13-9-8-10-14-21/h8-10,12-14,18,22-23H,11,15-17,19H2,1-7H3/t22-,23+,24+,25+/m0/s1. The lowest BCUT2D eigenvalue weighted by atomic mass is 9.88. The minimum atomic E-state index is -1.86. The zero-order chi connectivity index (χ0) is 23.1. The number of carbonyl (C=O) groups is 1. The molecule has 0 amide bonds. The Labute approximate surface area is 189 Å². The third-order valence-corrected chi connectivity index (χ3v) is 6.60. The van der Waals surface area contributed by atoms with Crippen LogP contribution in [0, 0.1) is 0 Å². The largest absolute Gasteiger partial charge is 0.410 e. The second-order valence-electron chi connectivity index (χ2n) is 10.1. The minimum absolute atomic E-state index is 0.155. The van der Waals surface area contributed by atoms with E-state index in [1.54, 1.807) is 0 Å². The summed E-state index contributed by atoms with van der Waals surface area (Å²) < 4.78 is 24.5. The van der Waals surface area contributed by atoms with Crippen molar-refractivity contribution >= 4 is 14.6 Å². The van der Waals surface area contributed by atoms with Crippen LogP contribution < -0.4 is 0 Å². The number of ether oxygens (including phenoxy) is 3. The van der Waals surface area contributed by atoms with E-state index in [1.807, 2.05) is 37.3 Å². The first-order valence-electron chi connectivity index (χ1n) is 11.2. The van der Waals surface area contributed by atoms with Gasteiger partial charge >= 0.3 is 0 Å². The van der Waals surface area contributed by atoms with Crippen molar-refractivity contribution in [1.82, 2.24) is 0 Å². The van der Waals surface area contributed by atoms with E-state index in [1.165, 1.54) is 5.57 Å². The second kappa shape index (κ2) is 11.0. The first kappa shape index (κ1) is 25.9. The van der Waals surface area contributed by atoms with E-state index in [0.29, 0.717) is 13.0 Å². The molecule has 1 aliphatic rings. The average Bonchev–Trinajstić information content (AvgIpc) is 3.33. The summed E-state index contributed by atoms with van der Waals surface area (Å²) in [7, 11) is -1.86. The summed E-state index contributed by atoms with van der Waals surface area (Å²) >= 11 is 0.